The van der Waals surface area contributed by atoms with E-state index in [9.17, 15) is 18.4 Å². The van der Waals surface area contributed by atoms with Crippen LogP contribution in [0.4, 0.5) is 8.78 Å². The Hall–Kier alpha value is -1.69. The predicted octanol–water partition coefficient (Wildman–Crippen LogP) is 1.52. The van der Waals surface area contributed by atoms with Crippen LogP contribution in [0.2, 0.25) is 5.02 Å². The number of benzene rings is 1. The summed E-state index contributed by atoms with van der Waals surface area (Å²) in [6, 6.07) is 1.34. The number of methoxy groups -OCH3 is 1. The highest BCUT2D eigenvalue weighted by Crippen LogP contribution is 2.19. The predicted molar refractivity (Wildman–Crippen MR) is 55.7 cm³/mol. The van der Waals surface area contributed by atoms with Crippen LogP contribution in [-0.4, -0.2) is 25.5 Å². The highest BCUT2D eigenvalue weighted by molar-refractivity contribution is 6.33. The van der Waals surface area contributed by atoms with Gasteiger partial charge >= 0.3 is 5.97 Å². The summed E-state index contributed by atoms with van der Waals surface area (Å²) >= 11 is 5.56. The number of esters is 1. The summed E-state index contributed by atoms with van der Waals surface area (Å²) in [5.74, 6) is -3.81. The number of nitrogens with one attached hydrogen (secondary N) is 1. The number of carbonyl (C=O) groups excluding carboxylic acids is 2. The van der Waals surface area contributed by atoms with Crippen molar-refractivity contribution in [3.05, 3.63) is 34.4 Å². The average Bonchev–Trinajstić information content (AvgIpc) is 2.30. The molecule has 7 heteroatoms. The van der Waals surface area contributed by atoms with E-state index < -0.39 is 23.5 Å². The largest absolute Gasteiger partial charge is 0.468 e. The third-order valence-corrected chi connectivity index (χ3v) is 2.19. The first-order valence-electron chi connectivity index (χ1n) is 4.45. The van der Waals surface area contributed by atoms with Gasteiger partial charge < -0.3 is 10.1 Å². The van der Waals surface area contributed by atoms with E-state index in [1.807, 2.05) is 0 Å². The van der Waals surface area contributed by atoms with Crippen LogP contribution >= 0.6 is 11.6 Å². The lowest BCUT2D eigenvalue weighted by Crippen LogP contribution is -2.30. The van der Waals surface area contributed by atoms with Gasteiger partial charge in [-0.05, 0) is 12.1 Å². The van der Waals surface area contributed by atoms with Crippen LogP contribution in [0, 0.1) is 11.6 Å². The van der Waals surface area contributed by atoms with Crippen molar-refractivity contribution in [2.75, 3.05) is 13.7 Å². The van der Waals surface area contributed by atoms with Crippen molar-refractivity contribution in [1.82, 2.24) is 5.32 Å². The number of ether oxygens (including phenoxy) is 1. The minimum Gasteiger partial charge on any atom is -0.468 e. The maximum atomic E-state index is 12.9. The molecular formula is C10H8ClF2NO3. The summed E-state index contributed by atoms with van der Waals surface area (Å²) in [5, 5.41) is 1.91. The van der Waals surface area contributed by atoms with Gasteiger partial charge in [0.05, 0.1) is 17.7 Å². The molecule has 1 amide bonds. The molecule has 0 bridgehead atoms. The van der Waals surface area contributed by atoms with Crippen molar-refractivity contribution in [3.63, 3.8) is 0 Å². The summed E-state index contributed by atoms with van der Waals surface area (Å²) in [4.78, 5) is 22.2. The number of carbonyl (C=O) groups is 2. The SMILES string of the molecule is COC(=O)CNC(=O)c1cc(F)c(F)cc1Cl. The number of amides is 1. The quantitative estimate of drug-likeness (QED) is 0.664. The molecule has 0 aromatic heterocycles. The van der Waals surface area contributed by atoms with E-state index in [1.54, 1.807) is 0 Å². The molecule has 0 fully saturated rings. The Labute approximate surface area is 101 Å². The second-order valence-electron chi connectivity index (χ2n) is 3.00. The monoisotopic (exact) mass is 263 g/mol. The molecule has 92 valence electrons. The molecule has 17 heavy (non-hydrogen) atoms. The number of rotatable bonds is 3. The Morgan fingerprint density at radius 3 is 2.53 bits per heavy atom. The molecule has 0 aliphatic rings. The second-order valence-corrected chi connectivity index (χ2v) is 3.41. The molecule has 1 rings (SSSR count). The first-order valence-corrected chi connectivity index (χ1v) is 4.83. The minimum absolute atomic E-state index is 0.244. The summed E-state index contributed by atoms with van der Waals surface area (Å²) < 4.78 is 29.9. The van der Waals surface area contributed by atoms with Crippen LogP contribution < -0.4 is 5.32 Å². The fraction of sp³-hybridized carbons (Fsp3) is 0.200. The first kappa shape index (κ1) is 13.4. The van der Waals surface area contributed by atoms with Crippen molar-refractivity contribution in [1.29, 1.82) is 0 Å². The molecule has 0 aliphatic heterocycles. The lowest BCUT2D eigenvalue weighted by atomic mass is 10.2. The van der Waals surface area contributed by atoms with Crippen LogP contribution in [0.15, 0.2) is 12.1 Å². The van der Waals surface area contributed by atoms with Crippen LogP contribution in [0.5, 0.6) is 0 Å². The fourth-order valence-corrected chi connectivity index (χ4v) is 1.25. The zero-order valence-electron chi connectivity index (χ0n) is 8.72. The molecule has 1 N–H and O–H groups in total. The van der Waals surface area contributed by atoms with Gasteiger partial charge in [0.2, 0.25) is 0 Å². The Kier molecular flexibility index (Phi) is 4.39. The Morgan fingerprint density at radius 2 is 1.94 bits per heavy atom. The zero-order chi connectivity index (χ0) is 13.0. The van der Waals surface area contributed by atoms with Crippen molar-refractivity contribution in [2.24, 2.45) is 0 Å². The normalized spacial score (nSPS) is 9.88. The molecule has 0 radical (unpaired) electrons. The van der Waals surface area contributed by atoms with E-state index in [0.29, 0.717) is 12.1 Å². The number of hydrogen-bond acceptors (Lipinski definition) is 3. The maximum Gasteiger partial charge on any atom is 0.325 e. The third kappa shape index (κ3) is 3.39. The van der Waals surface area contributed by atoms with Crippen molar-refractivity contribution < 1.29 is 23.1 Å². The van der Waals surface area contributed by atoms with Gasteiger partial charge in [0.1, 0.15) is 6.54 Å². The fourth-order valence-electron chi connectivity index (χ4n) is 1.02. The second kappa shape index (κ2) is 5.58. The van der Waals surface area contributed by atoms with Gasteiger partial charge in [0.25, 0.3) is 5.91 Å². The molecule has 0 unspecified atom stereocenters. The van der Waals surface area contributed by atoms with Crippen molar-refractivity contribution in [3.8, 4) is 0 Å². The van der Waals surface area contributed by atoms with Gasteiger partial charge in [-0.15, -0.1) is 0 Å². The summed E-state index contributed by atoms with van der Waals surface area (Å²) in [6.45, 7) is -0.384. The third-order valence-electron chi connectivity index (χ3n) is 1.88. The summed E-state index contributed by atoms with van der Waals surface area (Å²) in [5.41, 5.74) is -0.255. The van der Waals surface area contributed by atoms with E-state index in [4.69, 9.17) is 11.6 Å². The van der Waals surface area contributed by atoms with Crippen LogP contribution in [-0.2, 0) is 9.53 Å². The van der Waals surface area contributed by atoms with Gasteiger partial charge in [0.15, 0.2) is 11.6 Å². The van der Waals surface area contributed by atoms with Crippen LogP contribution in [0.3, 0.4) is 0 Å². The van der Waals surface area contributed by atoms with Gasteiger partial charge in [0, 0.05) is 0 Å². The zero-order valence-corrected chi connectivity index (χ0v) is 9.48. The Balaban J connectivity index is 2.82. The highest BCUT2D eigenvalue weighted by atomic mass is 35.5. The lowest BCUT2D eigenvalue weighted by molar-refractivity contribution is -0.139. The van der Waals surface area contributed by atoms with Gasteiger partial charge in [-0.3, -0.25) is 9.59 Å². The summed E-state index contributed by atoms with van der Waals surface area (Å²) in [6.07, 6.45) is 0. The molecule has 1 aromatic carbocycles. The maximum absolute atomic E-state index is 12.9. The van der Waals surface area contributed by atoms with E-state index in [-0.39, 0.29) is 17.1 Å². The van der Waals surface area contributed by atoms with Crippen LogP contribution in [0.1, 0.15) is 10.4 Å². The number of halogens is 3. The van der Waals surface area contributed by atoms with Crippen LogP contribution in [0.25, 0.3) is 0 Å². The van der Waals surface area contributed by atoms with E-state index in [1.165, 1.54) is 0 Å². The molecule has 4 nitrogen and oxygen atoms in total. The molecule has 0 heterocycles. The average molecular weight is 264 g/mol. The highest BCUT2D eigenvalue weighted by Gasteiger charge is 2.15. The topological polar surface area (TPSA) is 55.4 Å². The summed E-state index contributed by atoms with van der Waals surface area (Å²) in [7, 11) is 1.15. The Morgan fingerprint density at radius 1 is 1.35 bits per heavy atom. The van der Waals surface area contributed by atoms with Gasteiger partial charge in [-0.25, -0.2) is 8.78 Å². The van der Waals surface area contributed by atoms with E-state index >= 15 is 0 Å². The van der Waals surface area contributed by atoms with E-state index in [0.717, 1.165) is 7.11 Å². The smallest absolute Gasteiger partial charge is 0.325 e. The standard InChI is InChI=1S/C10H8ClF2NO3/c1-17-9(15)4-14-10(16)5-2-7(12)8(13)3-6(5)11/h2-3H,4H2,1H3,(H,14,16). The van der Waals surface area contributed by atoms with E-state index in [2.05, 4.69) is 10.1 Å². The van der Waals surface area contributed by atoms with Gasteiger partial charge in [-0.2, -0.15) is 0 Å². The molecule has 0 atom stereocenters. The minimum atomic E-state index is -1.20. The lowest BCUT2D eigenvalue weighted by Gasteiger charge is -2.06. The number of hydrogen-bond donors (Lipinski definition) is 1. The van der Waals surface area contributed by atoms with Crippen molar-refractivity contribution >= 4 is 23.5 Å². The molecule has 0 saturated heterocycles. The Bertz CT molecular complexity index is 465. The first-order chi connectivity index (χ1) is 7.95. The molecule has 1 aromatic rings. The molecular weight excluding hydrogens is 256 g/mol. The molecule has 0 aliphatic carbocycles. The van der Waals surface area contributed by atoms with Gasteiger partial charge in [-0.1, -0.05) is 11.6 Å². The molecule has 0 saturated carbocycles. The van der Waals surface area contributed by atoms with Crippen molar-refractivity contribution in [2.45, 2.75) is 0 Å². The molecule has 0 spiro atoms.